The third kappa shape index (κ3) is 2.13. The van der Waals surface area contributed by atoms with Gasteiger partial charge in [0.15, 0.2) is 0 Å². The number of halogens is 1. The summed E-state index contributed by atoms with van der Waals surface area (Å²) >= 11 is 5.81. The zero-order chi connectivity index (χ0) is 12.8. The molecule has 0 unspecified atom stereocenters. The molecule has 0 amide bonds. The number of benzene rings is 1. The van der Waals surface area contributed by atoms with E-state index in [4.69, 9.17) is 22.4 Å². The summed E-state index contributed by atoms with van der Waals surface area (Å²) in [4.78, 5) is 0.106. The van der Waals surface area contributed by atoms with Crippen molar-refractivity contribution in [3.8, 4) is 0 Å². The lowest BCUT2D eigenvalue weighted by Crippen LogP contribution is -2.53. The second-order valence-corrected chi connectivity index (χ2v) is 6.44. The van der Waals surface area contributed by atoms with Gasteiger partial charge < -0.3 is 10.8 Å². The lowest BCUT2D eigenvalue weighted by Gasteiger charge is -2.35. The van der Waals surface area contributed by atoms with Crippen molar-refractivity contribution in [3.05, 3.63) is 22.7 Å². The maximum Gasteiger partial charge on any atom is 0.243 e. The van der Waals surface area contributed by atoms with Crippen molar-refractivity contribution in [1.82, 2.24) is 4.31 Å². The molecule has 0 bridgehead atoms. The summed E-state index contributed by atoms with van der Waals surface area (Å²) in [7, 11) is -3.60. The Morgan fingerprint density at radius 2 is 2.06 bits per heavy atom. The van der Waals surface area contributed by atoms with Gasteiger partial charge in [-0.3, -0.25) is 0 Å². The minimum atomic E-state index is -3.60. The van der Waals surface area contributed by atoms with Gasteiger partial charge in [0.05, 0.1) is 11.0 Å². The molecule has 0 radical (unpaired) electrons. The molecule has 1 heterocycles. The molecule has 1 aliphatic heterocycles. The Bertz CT molecular complexity index is 553. The standard InChI is InChI=1S/C10H13ClN2O3S/c1-6-9(12)2-7(11)3-10(6)17(15,16)13-4-8(14)5-13/h2-3,8,14H,4-5,12H2,1H3. The fourth-order valence-corrected chi connectivity index (χ4v) is 3.78. The zero-order valence-electron chi connectivity index (χ0n) is 9.22. The molecule has 1 aliphatic rings. The fraction of sp³-hybridized carbons (Fsp3) is 0.400. The van der Waals surface area contributed by atoms with E-state index >= 15 is 0 Å². The van der Waals surface area contributed by atoms with E-state index in [2.05, 4.69) is 0 Å². The summed E-state index contributed by atoms with van der Waals surface area (Å²) in [5, 5.41) is 9.44. The van der Waals surface area contributed by atoms with Crippen LogP contribution in [0.5, 0.6) is 0 Å². The number of aliphatic hydroxyl groups excluding tert-OH is 1. The second kappa shape index (κ2) is 4.13. The summed E-state index contributed by atoms with van der Waals surface area (Å²) in [5.74, 6) is 0. The first-order valence-corrected chi connectivity index (χ1v) is 6.88. The molecule has 0 aromatic heterocycles. The summed E-state index contributed by atoms with van der Waals surface area (Å²) in [6.45, 7) is 1.87. The van der Waals surface area contributed by atoms with Crippen LogP contribution in [0.1, 0.15) is 5.56 Å². The first kappa shape index (κ1) is 12.6. The third-order valence-electron chi connectivity index (χ3n) is 2.81. The minimum absolute atomic E-state index is 0.106. The normalized spacial score (nSPS) is 18.1. The number of β-amino-alcohol motifs (C(OH)–C–C–N with tert-alkyl or cyclic N) is 1. The average Bonchev–Trinajstić information content (AvgIpc) is 2.18. The van der Waals surface area contributed by atoms with Crippen LogP contribution in [0.25, 0.3) is 0 Å². The van der Waals surface area contributed by atoms with Crippen LogP contribution in [0.3, 0.4) is 0 Å². The highest BCUT2D eigenvalue weighted by Crippen LogP contribution is 2.30. The van der Waals surface area contributed by atoms with Crippen molar-refractivity contribution < 1.29 is 13.5 Å². The van der Waals surface area contributed by atoms with Gasteiger partial charge in [-0.25, -0.2) is 8.42 Å². The number of aliphatic hydroxyl groups is 1. The Labute approximate surface area is 105 Å². The Morgan fingerprint density at radius 1 is 1.47 bits per heavy atom. The van der Waals surface area contributed by atoms with Crippen LogP contribution in [-0.4, -0.2) is 37.0 Å². The van der Waals surface area contributed by atoms with Crippen LogP contribution < -0.4 is 5.73 Å². The summed E-state index contributed by atoms with van der Waals surface area (Å²) in [6.07, 6.45) is -0.582. The van der Waals surface area contributed by atoms with Crippen LogP contribution >= 0.6 is 11.6 Å². The number of nitrogen functional groups attached to an aromatic ring is 1. The lowest BCUT2D eigenvalue weighted by atomic mass is 10.2. The van der Waals surface area contributed by atoms with E-state index in [1.54, 1.807) is 6.92 Å². The molecule has 0 saturated carbocycles. The number of hydrogen-bond donors (Lipinski definition) is 2. The quantitative estimate of drug-likeness (QED) is 0.775. The molecule has 0 aliphatic carbocycles. The van der Waals surface area contributed by atoms with E-state index in [-0.39, 0.29) is 23.0 Å². The van der Waals surface area contributed by atoms with Crippen molar-refractivity contribution in [1.29, 1.82) is 0 Å². The van der Waals surface area contributed by atoms with Crippen LogP contribution in [0, 0.1) is 6.92 Å². The maximum atomic E-state index is 12.2. The molecule has 0 spiro atoms. The molecular formula is C10H13ClN2O3S. The van der Waals surface area contributed by atoms with E-state index < -0.39 is 16.1 Å². The van der Waals surface area contributed by atoms with E-state index in [0.717, 1.165) is 0 Å². The molecule has 1 aromatic rings. The fourth-order valence-electron chi connectivity index (χ4n) is 1.69. The summed E-state index contributed by atoms with van der Waals surface area (Å²) < 4.78 is 25.6. The first-order valence-electron chi connectivity index (χ1n) is 5.06. The van der Waals surface area contributed by atoms with Gasteiger partial charge >= 0.3 is 0 Å². The smallest absolute Gasteiger partial charge is 0.243 e. The Hall–Kier alpha value is -0.820. The third-order valence-corrected chi connectivity index (χ3v) is 4.99. The van der Waals surface area contributed by atoms with Gasteiger partial charge in [-0.05, 0) is 24.6 Å². The highest BCUT2D eigenvalue weighted by Gasteiger charge is 2.36. The molecule has 7 heteroatoms. The number of rotatable bonds is 2. The van der Waals surface area contributed by atoms with Gasteiger partial charge in [-0.1, -0.05) is 11.6 Å². The monoisotopic (exact) mass is 276 g/mol. The van der Waals surface area contributed by atoms with Crippen molar-refractivity contribution in [2.24, 2.45) is 0 Å². The van der Waals surface area contributed by atoms with Crippen LogP contribution in [0.2, 0.25) is 5.02 Å². The van der Waals surface area contributed by atoms with E-state index in [1.807, 2.05) is 0 Å². The lowest BCUT2D eigenvalue weighted by molar-refractivity contribution is 0.0547. The van der Waals surface area contributed by atoms with Gasteiger partial charge in [0.2, 0.25) is 10.0 Å². The Morgan fingerprint density at radius 3 is 2.59 bits per heavy atom. The van der Waals surface area contributed by atoms with Gasteiger partial charge in [-0.2, -0.15) is 4.31 Å². The summed E-state index contributed by atoms with van der Waals surface area (Å²) in [6, 6.07) is 2.90. The number of sulfonamides is 1. The van der Waals surface area contributed by atoms with Gasteiger partial charge in [0, 0.05) is 23.8 Å². The minimum Gasteiger partial charge on any atom is -0.398 e. The van der Waals surface area contributed by atoms with Crippen LogP contribution in [0.4, 0.5) is 5.69 Å². The molecule has 0 atom stereocenters. The second-order valence-electron chi connectivity index (χ2n) is 4.09. The molecule has 5 nitrogen and oxygen atoms in total. The molecule has 3 N–H and O–H groups in total. The molecular weight excluding hydrogens is 264 g/mol. The molecule has 2 rings (SSSR count). The van der Waals surface area contributed by atoms with Gasteiger partial charge in [0.1, 0.15) is 0 Å². The van der Waals surface area contributed by atoms with Crippen LogP contribution in [-0.2, 0) is 10.0 Å². The van der Waals surface area contributed by atoms with Gasteiger partial charge in [0.25, 0.3) is 0 Å². The highest BCUT2D eigenvalue weighted by atomic mass is 35.5. The molecule has 17 heavy (non-hydrogen) atoms. The van der Waals surface area contributed by atoms with E-state index in [1.165, 1.54) is 16.4 Å². The predicted molar refractivity (Wildman–Crippen MR) is 65.4 cm³/mol. The Kier molecular flexibility index (Phi) is 3.07. The number of hydrogen-bond acceptors (Lipinski definition) is 4. The summed E-state index contributed by atoms with van der Waals surface area (Å²) in [5.41, 5.74) is 6.52. The number of nitrogens with zero attached hydrogens (tertiary/aromatic N) is 1. The number of anilines is 1. The molecule has 94 valence electrons. The van der Waals surface area contributed by atoms with Crippen LogP contribution in [0.15, 0.2) is 17.0 Å². The van der Waals surface area contributed by atoms with Crippen molar-refractivity contribution in [3.63, 3.8) is 0 Å². The molecule has 1 saturated heterocycles. The predicted octanol–water partition coefficient (Wildman–Crippen LogP) is 0.596. The van der Waals surface area contributed by atoms with Crippen molar-refractivity contribution in [2.45, 2.75) is 17.9 Å². The van der Waals surface area contributed by atoms with E-state index in [0.29, 0.717) is 11.3 Å². The average molecular weight is 277 g/mol. The maximum absolute atomic E-state index is 12.2. The zero-order valence-corrected chi connectivity index (χ0v) is 10.8. The highest BCUT2D eigenvalue weighted by molar-refractivity contribution is 7.89. The first-order chi connectivity index (χ1) is 7.82. The van der Waals surface area contributed by atoms with Crippen molar-refractivity contribution in [2.75, 3.05) is 18.8 Å². The largest absolute Gasteiger partial charge is 0.398 e. The topological polar surface area (TPSA) is 83.6 Å². The number of nitrogens with two attached hydrogens (primary N) is 1. The molecule has 1 aromatic carbocycles. The van der Waals surface area contributed by atoms with Gasteiger partial charge in [-0.15, -0.1) is 0 Å². The SMILES string of the molecule is Cc1c(N)cc(Cl)cc1S(=O)(=O)N1CC(O)C1. The Balaban J connectivity index is 2.47. The molecule has 1 fully saturated rings. The van der Waals surface area contributed by atoms with E-state index in [9.17, 15) is 8.42 Å². The van der Waals surface area contributed by atoms with Crippen molar-refractivity contribution >= 4 is 27.3 Å².